The molecule has 0 saturated carbocycles. The molecule has 0 atom stereocenters. The first-order valence-electron chi connectivity index (χ1n) is 4.17. The van der Waals surface area contributed by atoms with Crippen LogP contribution in [0.3, 0.4) is 0 Å². The predicted octanol–water partition coefficient (Wildman–Crippen LogP) is 2.34. The van der Waals surface area contributed by atoms with Crippen molar-refractivity contribution in [2.75, 3.05) is 0 Å². The molecule has 0 aliphatic heterocycles. The molecule has 0 aliphatic carbocycles. The highest BCUT2D eigenvalue weighted by Gasteiger charge is 2.06. The Labute approximate surface area is 93.1 Å². The zero-order valence-electron chi connectivity index (χ0n) is 7.50. The largest absolute Gasteiger partial charge is 0.306 e. The van der Waals surface area contributed by atoms with Crippen LogP contribution in [0.4, 0.5) is 4.39 Å². The average molecular weight is 269 g/mol. The molecule has 0 bridgehead atoms. The van der Waals surface area contributed by atoms with Crippen molar-refractivity contribution in [2.45, 2.75) is 0 Å². The monoisotopic (exact) mass is 268 g/mol. The number of halogens is 2. The van der Waals surface area contributed by atoms with E-state index in [2.05, 4.69) is 25.9 Å². The first-order chi connectivity index (χ1) is 7.16. The van der Waals surface area contributed by atoms with Crippen molar-refractivity contribution in [3.8, 4) is 11.4 Å². The topological polar surface area (TPSA) is 45.8 Å². The van der Waals surface area contributed by atoms with E-state index < -0.39 is 5.82 Å². The molecule has 2 aromatic rings. The minimum atomic E-state index is -0.432. The van der Waals surface area contributed by atoms with Crippen LogP contribution in [0.1, 0.15) is 0 Å². The summed E-state index contributed by atoms with van der Waals surface area (Å²) in [6.45, 7) is 0. The Hall–Kier alpha value is -1.49. The van der Waals surface area contributed by atoms with Gasteiger partial charge in [-0.05, 0) is 18.2 Å². The maximum absolute atomic E-state index is 13.5. The minimum Gasteiger partial charge on any atom is -0.306 e. The van der Waals surface area contributed by atoms with Crippen LogP contribution in [0.2, 0.25) is 0 Å². The van der Waals surface area contributed by atoms with Gasteiger partial charge in [-0.1, -0.05) is 15.9 Å². The quantitative estimate of drug-likeness (QED) is 0.863. The van der Waals surface area contributed by atoms with Crippen molar-refractivity contribution in [3.63, 3.8) is 0 Å². The average Bonchev–Trinajstić information content (AvgIpc) is 2.17. The summed E-state index contributed by atoms with van der Waals surface area (Å²) in [5.41, 5.74) is -0.0294. The number of aromatic amines is 1. The fourth-order valence-corrected chi connectivity index (χ4v) is 1.52. The highest BCUT2D eigenvalue weighted by Crippen LogP contribution is 2.21. The molecule has 0 spiro atoms. The van der Waals surface area contributed by atoms with Gasteiger partial charge in [0.15, 0.2) is 0 Å². The van der Waals surface area contributed by atoms with Crippen LogP contribution in [0.15, 0.2) is 39.7 Å². The molecule has 1 aromatic carbocycles. The number of aromatic nitrogens is 2. The van der Waals surface area contributed by atoms with E-state index in [0.29, 0.717) is 4.47 Å². The van der Waals surface area contributed by atoms with Gasteiger partial charge in [-0.15, -0.1) is 0 Å². The van der Waals surface area contributed by atoms with Crippen LogP contribution in [-0.4, -0.2) is 9.97 Å². The Kier molecular flexibility index (Phi) is 2.64. The second-order valence-corrected chi connectivity index (χ2v) is 3.82. The van der Waals surface area contributed by atoms with Crippen LogP contribution < -0.4 is 5.56 Å². The number of H-pyrrole nitrogens is 1. The molecule has 1 heterocycles. The molecule has 0 amide bonds. The lowest BCUT2D eigenvalue weighted by Crippen LogP contribution is -2.06. The first kappa shape index (κ1) is 10.0. The van der Waals surface area contributed by atoms with E-state index in [9.17, 15) is 9.18 Å². The summed E-state index contributed by atoms with van der Waals surface area (Å²) >= 11 is 3.15. The molecule has 76 valence electrons. The van der Waals surface area contributed by atoms with Gasteiger partial charge < -0.3 is 4.98 Å². The summed E-state index contributed by atoms with van der Waals surface area (Å²) in [6.07, 6.45) is 1.34. The second kappa shape index (κ2) is 3.94. The van der Waals surface area contributed by atoms with Gasteiger partial charge >= 0.3 is 0 Å². The fourth-order valence-electron chi connectivity index (χ4n) is 1.19. The molecule has 0 unspecified atom stereocenters. The number of hydrogen-bond acceptors (Lipinski definition) is 2. The predicted molar refractivity (Wildman–Crippen MR) is 58.0 cm³/mol. The third kappa shape index (κ3) is 2.12. The maximum Gasteiger partial charge on any atom is 0.251 e. The lowest BCUT2D eigenvalue weighted by atomic mass is 10.2. The van der Waals surface area contributed by atoms with E-state index in [0.717, 1.165) is 0 Å². The third-order valence-corrected chi connectivity index (χ3v) is 2.35. The normalized spacial score (nSPS) is 10.3. The lowest BCUT2D eigenvalue weighted by Gasteiger charge is -2.01. The molecule has 2 rings (SSSR count). The second-order valence-electron chi connectivity index (χ2n) is 2.91. The number of nitrogens with one attached hydrogen (secondary N) is 1. The molecule has 1 aromatic heterocycles. The van der Waals surface area contributed by atoms with Crippen molar-refractivity contribution >= 4 is 15.9 Å². The molecule has 15 heavy (non-hydrogen) atoms. The molecule has 5 heteroatoms. The van der Waals surface area contributed by atoms with Crippen molar-refractivity contribution in [2.24, 2.45) is 0 Å². The number of rotatable bonds is 1. The van der Waals surface area contributed by atoms with E-state index in [-0.39, 0.29) is 16.9 Å². The molecular formula is C10H6BrFN2O. The van der Waals surface area contributed by atoms with Gasteiger partial charge in [-0.25, -0.2) is 9.37 Å². The van der Waals surface area contributed by atoms with Crippen LogP contribution in [-0.2, 0) is 0 Å². The Balaban J connectivity index is 2.59. The van der Waals surface area contributed by atoms with Crippen LogP contribution >= 0.6 is 15.9 Å². The van der Waals surface area contributed by atoms with E-state index >= 15 is 0 Å². The van der Waals surface area contributed by atoms with Gasteiger partial charge in [0.25, 0.3) is 5.56 Å². The molecule has 0 radical (unpaired) electrons. The Morgan fingerprint density at radius 3 is 2.80 bits per heavy atom. The molecule has 0 saturated heterocycles. The van der Waals surface area contributed by atoms with Gasteiger partial charge in [0.1, 0.15) is 11.6 Å². The van der Waals surface area contributed by atoms with E-state index in [1.165, 1.54) is 18.3 Å². The zero-order chi connectivity index (χ0) is 10.8. The standard InChI is InChI=1S/C10H6BrFN2O/c11-6-1-2-7(8(12)5-6)10-13-4-3-9(15)14-10/h1-5H,(H,13,14,15). The summed E-state index contributed by atoms with van der Waals surface area (Å²) in [6, 6.07) is 5.84. The fraction of sp³-hybridized carbons (Fsp3) is 0. The van der Waals surface area contributed by atoms with Gasteiger partial charge in [-0.3, -0.25) is 4.79 Å². The Morgan fingerprint density at radius 1 is 1.33 bits per heavy atom. The number of hydrogen-bond donors (Lipinski definition) is 1. The summed E-state index contributed by atoms with van der Waals surface area (Å²) in [4.78, 5) is 17.4. The molecule has 0 aliphatic rings. The van der Waals surface area contributed by atoms with Gasteiger partial charge in [0, 0.05) is 16.7 Å². The smallest absolute Gasteiger partial charge is 0.251 e. The molecule has 0 fully saturated rings. The Bertz CT molecular complexity index is 553. The van der Waals surface area contributed by atoms with Crippen molar-refractivity contribution in [1.82, 2.24) is 9.97 Å². The molecule has 3 nitrogen and oxygen atoms in total. The van der Waals surface area contributed by atoms with E-state index in [1.807, 2.05) is 0 Å². The lowest BCUT2D eigenvalue weighted by molar-refractivity contribution is 0.629. The van der Waals surface area contributed by atoms with Gasteiger partial charge in [0.2, 0.25) is 0 Å². The molecule has 1 N–H and O–H groups in total. The van der Waals surface area contributed by atoms with Crippen LogP contribution in [0.25, 0.3) is 11.4 Å². The zero-order valence-corrected chi connectivity index (χ0v) is 9.08. The minimum absolute atomic E-state index is 0.229. The maximum atomic E-state index is 13.5. The highest BCUT2D eigenvalue weighted by atomic mass is 79.9. The SMILES string of the molecule is O=c1ccnc(-c2ccc(Br)cc2F)[nH]1. The summed E-state index contributed by atoms with van der Waals surface area (Å²) < 4.78 is 14.1. The molecular weight excluding hydrogens is 263 g/mol. The van der Waals surface area contributed by atoms with E-state index in [1.54, 1.807) is 12.1 Å². The highest BCUT2D eigenvalue weighted by molar-refractivity contribution is 9.10. The van der Waals surface area contributed by atoms with Crippen molar-refractivity contribution in [3.05, 3.63) is 51.1 Å². The summed E-state index contributed by atoms with van der Waals surface area (Å²) in [7, 11) is 0. The third-order valence-electron chi connectivity index (χ3n) is 1.86. The van der Waals surface area contributed by atoms with Crippen LogP contribution in [0.5, 0.6) is 0 Å². The summed E-state index contributed by atoms with van der Waals surface area (Å²) in [5.74, 6) is -0.203. The Morgan fingerprint density at radius 2 is 2.13 bits per heavy atom. The number of nitrogens with zero attached hydrogens (tertiary/aromatic N) is 1. The summed E-state index contributed by atoms with van der Waals surface area (Å²) in [5, 5.41) is 0. The van der Waals surface area contributed by atoms with Gasteiger partial charge in [0.05, 0.1) is 5.56 Å². The van der Waals surface area contributed by atoms with Gasteiger partial charge in [-0.2, -0.15) is 0 Å². The van der Waals surface area contributed by atoms with E-state index in [4.69, 9.17) is 0 Å². The number of benzene rings is 1. The first-order valence-corrected chi connectivity index (χ1v) is 4.97. The van der Waals surface area contributed by atoms with Crippen molar-refractivity contribution < 1.29 is 4.39 Å². The van der Waals surface area contributed by atoms with Crippen LogP contribution in [0, 0.1) is 5.82 Å². The van der Waals surface area contributed by atoms with Crippen molar-refractivity contribution in [1.29, 1.82) is 0 Å².